The molecule has 1 amide bonds. The first-order valence-electron chi connectivity index (χ1n) is 7.83. The molecule has 2 rings (SSSR count). The zero-order valence-electron chi connectivity index (χ0n) is 14.0. The number of ketones is 1. The fourth-order valence-electron chi connectivity index (χ4n) is 2.33. The Kier molecular flexibility index (Phi) is 6.51. The van der Waals surface area contributed by atoms with Crippen LogP contribution in [0, 0.1) is 0 Å². The van der Waals surface area contributed by atoms with Crippen LogP contribution in [0.3, 0.4) is 0 Å². The van der Waals surface area contributed by atoms with E-state index in [-0.39, 0.29) is 18.2 Å². The van der Waals surface area contributed by atoms with Crippen molar-refractivity contribution >= 4 is 17.4 Å². The molecule has 126 valence electrons. The molecule has 0 fully saturated rings. The molecular formula is C19H22N2O3. The number of carbonyl (C=O) groups is 2. The van der Waals surface area contributed by atoms with Gasteiger partial charge in [-0.15, -0.1) is 0 Å². The predicted octanol–water partition coefficient (Wildman–Crippen LogP) is 2.67. The Morgan fingerprint density at radius 1 is 1.04 bits per heavy atom. The molecule has 0 saturated heterocycles. The Morgan fingerprint density at radius 3 is 2.42 bits per heavy atom. The van der Waals surface area contributed by atoms with E-state index in [1.807, 2.05) is 24.3 Å². The molecule has 0 atom stereocenters. The Labute approximate surface area is 142 Å². The lowest BCUT2D eigenvalue weighted by atomic mass is 10.1. The fourth-order valence-corrected chi connectivity index (χ4v) is 2.33. The first-order chi connectivity index (χ1) is 11.6. The van der Waals surface area contributed by atoms with Gasteiger partial charge in [-0.2, -0.15) is 0 Å². The van der Waals surface area contributed by atoms with Gasteiger partial charge in [-0.05, 0) is 55.8 Å². The van der Waals surface area contributed by atoms with Crippen LogP contribution in [0.1, 0.15) is 22.8 Å². The van der Waals surface area contributed by atoms with E-state index >= 15 is 0 Å². The molecule has 5 heteroatoms. The lowest BCUT2D eigenvalue weighted by Gasteiger charge is -2.09. The minimum atomic E-state index is -0.120. The highest BCUT2D eigenvalue weighted by Gasteiger charge is 2.05. The van der Waals surface area contributed by atoms with Gasteiger partial charge in [0, 0.05) is 11.3 Å². The quantitative estimate of drug-likeness (QED) is 0.578. The molecule has 0 radical (unpaired) electrons. The number of rotatable bonds is 8. The van der Waals surface area contributed by atoms with Crippen molar-refractivity contribution in [3.05, 3.63) is 59.7 Å². The van der Waals surface area contributed by atoms with Crippen LogP contribution in [0.5, 0.6) is 5.75 Å². The molecule has 0 aromatic heterocycles. The maximum absolute atomic E-state index is 11.9. The van der Waals surface area contributed by atoms with E-state index in [4.69, 9.17) is 4.74 Å². The third-order valence-corrected chi connectivity index (χ3v) is 3.62. The Bertz CT molecular complexity index is 696. The van der Waals surface area contributed by atoms with Crippen molar-refractivity contribution in [2.75, 3.05) is 25.5 Å². The first-order valence-corrected chi connectivity index (χ1v) is 7.83. The van der Waals surface area contributed by atoms with E-state index in [0.717, 1.165) is 17.7 Å². The lowest BCUT2D eigenvalue weighted by Crippen LogP contribution is -2.29. The average Bonchev–Trinajstić information content (AvgIpc) is 2.59. The van der Waals surface area contributed by atoms with Gasteiger partial charge >= 0.3 is 0 Å². The second-order valence-corrected chi connectivity index (χ2v) is 5.42. The summed E-state index contributed by atoms with van der Waals surface area (Å²) < 4.78 is 5.30. The topological polar surface area (TPSA) is 67.4 Å². The number of amides is 1. The van der Waals surface area contributed by atoms with E-state index in [2.05, 4.69) is 10.6 Å². The summed E-state index contributed by atoms with van der Waals surface area (Å²) in [5.41, 5.74) is 2.41. The van der Waals surface area contributed by atoms with Crippen LogP contribution in [-0.4, -0.2) is 31.9 Å². The number of methoxy groups -OCH3 is 1. The third-order valence-electron chi connectivity index (χ3n) is 3.62. The molecule has 2 aromatic carbocycles. The van der Waals surface area contributed by atoms with Crippen molar-refractivity contribution < 1.29 is 14.3 Å². The van der Waals surface area contributed by atoms with Crippen molar-refractivity contribution in [2.45, 2.75) is 13.3 Å². The number of ether oxygens (including phenoxy) is 1. The summed E-state index contributed by atoms with van der Waals surface area (Å²) in [6, 6.07) is 14.7. The molecule has 0 saturated carbocycles. The second kappa shape index (κ2) is 8.84. The van der Waals surface area contributed by atoms with Crippen LogP contribution in [0.25, 0.3) is 0 Å². The van der Waals surface area contributed by atoms with Crippen molar-refractivity contribution in [1.82, 2.24) is 5.32 Å². The zero-order valence-corrected chi connectivity index (χ0v) is 14.0. The fraction of sp³-hybridized carbons (Fsp3) is 0.263. The summed E-state index contributed by atoms with van der Waals surface area (Å²) in [4.78, 5) is 23.1. The van der Waals surface area contributed by atoms with Crippen molar-refractivity contribution in [1.29, 1.82) is 0 Å². The van der Waals surface area contributed by atoms with Crippen LogP contribution in [0.15, 0.2) is 48.5 Å². The summed E-state index contributed by atoms with van der Waals surface area (Å²) in [6.07, 6.45) is 0.782. The van der Waals surface area contributed by atoms with Gasteiger partial charge in [0.2, 0.25) is 5.91 Å². The zero-order chi connectivity index (χ0) is 17.4. The number of hydrogen-bond donors (Lipinski definition) is 2. The van der Waals surface area contributed by atoms with Gasteiger partial charge in [-0.25, -0.2) is 0 Å². The Balaban J connectivity index is 1.74. The second-order valence-electron chi connectivity index (χ2n) is 5.42. The highest BCUT2D eigenvalue weighted by molar-refractivity contribution is 5.96. The first kappa shape index (κ1) is 17.7. The van der Waals surface area contributed by atoms with E-state index in [1.54, 1.807) is 31.4 Å². The summed E-state index contributed by atoms with van der Waals surface area (Å²) in [6.45, 7) is 2.42. The molecule has 0 aliphatic carbocycles. The number of Topliss-reactive ketones (excluding diaryl/α,β-unsaturated/α-hetero) is 1. The highest BCUT2D eigenvalue weighted by atomic mass is 16.5. The average molecular weight is 326 g/mol. The van der Waals surface area contributed by atoms with Gasteiger partial charge in [0.15, 0.2) is 5.78 Å². The van der Waals surface area contributed by atoms with Crippen LogP contribution in [0.4, 0.5) is 5.69 Å². The maximum Gasteiger partial charge on any atom is 0.238 e. The normalized spacial score (nSPS) is 10.2. The lowest BCUT2D eigenvalue weighted by molar-refractivity contribution is -0.115. The number of nitrogens with one attached hydrogen (secondary N) is 2. The highest BCUT2D eigenvalue weighted by Crippen LogP contribution is 2.17. The number of para-hydroxylation sites is 1. The number of anilines is 1. The molecular weight excluding hydrogens is 304 g/mol. The molecule has 0 heterocycles. The number of hydrogen-bond acceptors (Lipinski definition) is 4. The third kappa shape index (κ3) is 5.21. The smallest absolute Gasteiger partial charge is 0.238 e. The van der Waals surface area contributed by atoms with Crippen LogP contribution < -0.4 is 15.4 Å². The van der Waals surface area contributed by atoms with E-state index in [0.29, 0.717) is 17.8 Å². The van der Waals surface area contributed by atoms with Crippen LogP contribution >= 0.6 is 0 Å². The van der Waals surface area contributed by atoms with Gasteiger partial charge < -0.3 is 15.4 Å². The van der Waals surface area contributed by atoms with Crippen LogP contribution in [-0.2, 0) is 11.2 Å². The summed E-state index contributed by atoms with van der Waals surface area (Å²) in [7, 11) is 1.65. The molecule has 0 bridgehead atoms. The number of carbonyl (C=O) groups excluding carboxylic acids is 2. The Morgan fingerprint density at radius 2 is 1.75 bits per heavy atom. The molecule has 2 N–H and O–H groups in total. The summed E-state index contributed by atoms with van der Waals surface area (Å²) in [5.74, 6) is 0.741. The van der Waals surface area contributed by atoms with Gasteiger partial charge in [-0.3, -0.25) is 9.59 Å². The van der Waals surface area contributed by atoms with Gasteiger partial charge in [0.05, 0.1) is 13.7 Å². The van der Waals surface area contributed by atoms with Crippen molar-refractivity contribution in [3.8, 4) is 5.75 Å². The van der Waals surface area contributed by atoms with E-state index < -0.39 is 0 Å². The minimum Gasteiger partial charge on any atom is -0.496 e. The standard InChI is InChI=1S/C19H22N2O3/c1-14(22)15-7-9-17(10-8-15)21-19(23)13-20-12-11-16-5-3-4-6-18(16)24-2/h3-10,20H,11-13H2,1-2H3,(H,21,23). The SMILES string of the molecule is COc1ccccc1CCNCC(=O)Nc1ccc(C(C)=O)cc1. The maximum atomic E-state index is 11.9. The summed E-state index contributed by atoms with van der Waals surface area (Å²) in [5, 5.41) is 5.90. The van der Waals surface area contributed by atoms with E-state index in [9.17, 15) is 9.59 Å². The molecule has 5 nitrogen and oxygen atoms in total. The molecule has 0 aliphatic heterocycles. The monoisotopic (exact) mass is 326 g/mol. The van der Waals surface area contributed by atoms with Gasteiger partial charge in [0.1, 0.15) is 5.75 Å². The summed E-state index contributed by atoms with van der Waals surface area (Å²) >= 11 is 0. The Hall–Kier alpha value is -2.66. The van der Waals surface area contributed by atoms with Crippen molar-refractivity contribution in [3.63, 3.8) is 0 Å². The van der Waals surface area contributed by atoms with E-state index in [1.165, 1.54) is 6.92 Å². The molecule has 0 aliphatic rings. The molecule has 0 spiro atoms. The predicted molar refractivity (Wildman–Crippen MR) is 94.6 cm³/mol. The van der Waals surface area contributed by atoms with Gasteiger partial charge in [-0.1, -0.05) is 18.2 Å². The van der Waals surface area contributed by atoms with Crippen molar-refractivity contribution in [2.24, 2.45) is 0 Å². The van der Waals surface area contributed by atoms with Gasteiger partial charge in [0.25, 0.3) is 0 Å². The number of benzene rings is 2. The van der Waals surface area contributed by atoms with Crippen LogP contribution in [0.2, 0.25) is 0 Å². The minimum absolute atomic E-state index is 0.00545. The molecule has 2 aromatic rings. The molecule has 24 heavy (non-hydrogen) atoms. The molecule has 0 unspecified atom stereocenters. The largest absolute Gasteiger partial charge is 0.496 e.